The second-order valence-electron chi connectivity index (χ2n) is 6.10. The van der Waals surface area contributed by atoms with Gasteiger partial charge in [-0.3, -0.25) is 4.79 Å². The van der Waals surface area contributed by atoms with Gasteiger partial charge in [-0.15, -0.1) is 11.3 Å². The van der Waals surface area contributed by atoms with E-state index in [4.69, 9.17) is 9.84 Å². The van der Waals surface area contributed by atoms with E-state index < -0.39 is 5.97 Å². The first kappa shape index (κ1) is 17.4. The van der Waals surface area contributed by atoms with Crippen LogP contribution >= 0.6 is 11.3 Å². The normalized spacial score (nSPS) is 14.4. The van der Waals surface area contributed by atoms with Crippen molar-refractivity contribution < 1.29 is 19.4 Å². The van der Waals surface area contributed by atoms with Crippen molar-refractivity contribution in [2.45, 2.75) is 38.6 Å². The molecule has 1 aromatic heterocycles. The monoisotopic (exact) mass is 360 g/mol. The molecule has 1 heterocycles. The Hall–Kier alpha value is -2.41. The van der Waals surface area contributed by atoms with Crippen molar-refractivity contribution in [3.8, 4) is 16.5 Å². The number of benzene rings is 1. The Morgan fingerprint density at radius 3 is 2.60 bits per heavy atom. The van der Waals surface area contributed by atoms with Crippen LogP contribution in [0.4, 0.5) is 0 Å². The van der Waals surface area contributed by atoms with Gasteiger partial charge in [-0.25, -0.2) is 9.78 Å². The number of aromatic carboxylic acids is 1. The van der Waals surface area contributed by atoms with Crippen molar-refractivity contribution >= 4 is 23.2 Å². The number of nitrogens with one attached hydrogen (secondary N) is 1. The van der Waals surface area contributed by atoms with Gasteiger partial charge in [0.05, 0.1) is 10.4 Å². The van der Waals surface area contributed by atoms with Gasteiger partial charge in [0.2, 0.25) is 5.88 Å². The van der Waals surface area contributed by atoms with Crippen molar-refractivity contribution in [2.75, 3.05) is 6.61 Å². The van der Waals surface area contributed by atoms with E-state index in [0.717, 1.165) is 28.3 Å². The SMILES string of the molecule is Cc1sc(-c2ccc(C(=O)O)cc2)nc1OCC(=O)NC1CCCC1. The first-order valence-electron chi connectivity index (χ1n) is 8.26. The van der Waals surface area contributed by atoms with Crippen LogP contribution in [0, 0.1) is 6.92 Å². The van der Waals surface area contributed by atoms with Gasteiger partial charge in [0.25, 0.3) is 5.91 Å². The highest BCUT2D eigenvalue weighted by Gasteiger charge is 2.18. The molecule has 3 rings (SSSR count). The second-order valence-corrected chi connectivity index (χ2v) is 7.30. The van der Waals surface area contributed by atoms with Crippen LogP contribution in [0.2, 0.25) is 0 Å². The zero-order valence-electron chi connectivity index (χ0n) is 13.9. The summed E-state index contributed by atoms with van der Waals surface area (Å²) in [6, 6.07) is 6.81. The van der Waals surface area contributed by atoms with Crippen LogP contribution in [0.25, 0.3) is 10.6 Å². The Bertz CT molecular complexity index is 764. The summed E-state index contributed by atoms with van der Waals surface area (Å²) in [7, 11) is 0. The topological polar surface area (TPSA) is 88.5 Å². The number of carbonyl (C=O) groups is 2. The molecule has 1 fully saturated rings. The summed E-state index contributed by atoms with van der Waals surface area (Å²) in [6.07, 6.45) is 4.41. The smallest absolute Gasteiger partial charge is 0.335 e. The number of carboxylic acids is 1. The summed E-state index contributed by atoms with van der Waals surface area (Å²) in [5.74, 6) is -0.630. The van der Waals surface area contributed by atoms with Crippen LogP contribution in [0.1, 0.15) is 40.9 Å². The van der Waals surface area contributed by atoms with E-state index in [-0.39, 0.29) is 24.1 Å². The van der Waals surface area contributed by atoms with Gasteiger partial charge < -0.3 is 15.2 Å². The molecule has 1 saturated carbocycles. The third kappa shape index (κ3) is 4.36. The fourth-order valence-corrected chi connectivity index (χ4v) is 3.73. The Labute approximate surface area is 149 Å². The molecule has 0 unspecified atom stereocenters. The van der Waals surface area contributed by atoms with E-state index in [1.54, 1.807) is 24.3 Å². The van der Waals surface area contributed by atoms with Crippen molar-refractivity contribution in [1.82, 2.24) is 10.3 Å². The molecule has 0 bridgehead atoms. The highest BCUT2D eigenvalue weighted by atomic mass is 32.1. The van der Waals surface area contributed by atoms with Gasteiger partial charge in [-0.05, 0) is 31.9 Å². The molecule has 1 aliphatic rings. The number of amides is 1. The van der Waals surface area contributed by atoms with E-state index in [9.17, 15) is 9.59 Å². The predicted octanol–water partition coefficient (Wildman–Crippen LogP) is 3.25. The maximum atomic E-state index is 11.9. The molecule has 1 aromatic carbocycles. The summed E-state index contributed by atoms with van der Waals surface area (Å²) < 4.78 is 5.57. The zero-order valence-corrected chi connectivity index (χ0v) is 14.8. The summed E-state index contributed by atoms with van der Waals surface area (Å²) in [5.41, 5.74) is 1.06. The number of carbonyl (C=O) groups excluding carboxylic acids is 1. The third-order valence-electron chi connectivity index (χ3n) is 4.19. The number of carboxylic acid groups (broad SMARTS) is 1. The average molecular weight is 360 g/mol. The molecular formula is C18H20N2O4S. The molecule has 6 nitrogen and oxygen atoms in total. The van der Waals surface area contributed by atoms with E-state index in [1.807, 2.05) is 6.92 Å². The van der Waals surface area contributed by atoms with Crippen molar-refractivity contribution in [1.29, 1.82) is 0 Å². The molecule has 1 amide bonds. The van der Waals surface area contributed by atoms with Crippen LogP contribution in [-0.4, -0.2) is 34.6 Å². The molecule has 1 aliphatic carbocycles. The summed E-state index contributed by atoms with van der Waals surface area (Å²) >= 11 is 1.45. The molecule has 7 heteroatoms. The van der Waals surface area contributed by atoms with Crippen LogP contribution < -0.4 is 10.1 Å². The fraction of sp³-hybridized carbons (Fsp3) is 0.389. The largest absolute Gasteiger partial charge is 0.478 e. The Morgan fingerprint density at radius 2 is 1.96 bits per heavy atom. The predicted molar refractivity (Wildman–Crippen MR) is 95.1 cm³/mol. The highest BCUT2D eigenvalue weighted by Crippen LogP contribution is 2.32. The number of hydrogen-bond acceptors (Lipinski definition) is 5. The lowest BCUT2D eigenvalue weighted by Gasteiger charge is -2.11. The molecular weight excluding hydrogens is 340 g/mol. The lowest BCUT2D eigenvalue weighted by molar-refractivity contribution is -0.123. The highest BCUT2D eigenvalue weighted by molar-refractivity contribution is 7.15. The maximum Gasteiger partial charge on any atom is 0.335 e. The minimum absolute atomic E-state index is 0.0432. The Balaban J connectivity index is 1.61. The third-order valence-corrected chi connectivity index (χ3v) is 5.19. The summed E-state index contributed by atoms with van der Waals surface area (Å²) in [5, 5.41) is 12.7. The van der Waals surface area contributed by atoms with E-state index in [1.165, 1.54) is 24.2 Å². The fourth-order valence-electron chi connectivity index (χ4n) is 2.87. The lowest BCUT2D eigenvalue weighted by atomic mass is 10.1. The van der Waals surface area contributed by atoms with Crippen molar-refractivity contribution in [2.24, 2.45) is 0 Å². The van der Waals surface area contributed by atoms with E-state index >= 15 is 0 Å². The van der Waals surface area contributed by atoms with Gasteiger partial charge in [-0.2, -0.15) is 0 Å². The van der Waals surface area contributed by atoms with Crippen molar-refractivity contribution in [3.05, 3.63) is 34.7 Å². The molecule has 0 saturated heterocycles. The van der Waals surface area contributed by atoms with Crippen molar-refractivity contribution in [3.63, 3.8) is 0 Å². The summed E-state index contributed by atoms with van der Waals surface area (Å²) in [4.78, 5) is 28.2. The van der Waals surface area contributed by atoms with E-state index in [0.29, 0.717) is 5.88 Å². The Kier molecular flexibility index (Phi) is 5.33. The number of rotatable bonds is 6. The molecule has 0 radical (unpaired) electrons. The van der Waals surface area contributed by atoms with Crippen LogP contribution in [0.3, 0.4) is 0 Å². The number of aromatic nitrogens is 1. The van der Waals surface area contributed by atoms with E-state index in [2.05, 4.69) is 10.3 Å². The molecule has 25 heavy (non-hydrogen) atoms. The van der Waals surface area contributed by atoms with Crippen LogP contribution in [0.15, 0.2) is 24.3 Å². The summed E-state index contributed by atoms with van der Waals surface area (Å²) in [6.45, 7) is 1.84. The minimum Gasteiger partial charge on any atom is -0.478 e. The first-order valence-corrected chi connectivity index (χ1v) is 9.08. The molecule has 0 atom stereocenters. The Morgan fingerprint density at radius 1 is 1.28 bits per heavy atom. The molecule has 2 aromatic rings. The minimum atomic E-state index is -0.959. The van der Waals surface area contributed by atoms with Gasteiger partial charge in [0, 0.05) is 11.6 Å². The lowest BCUT2D eigenvalue weighted by Crippen LogP contribution is -2.36. The quantitative estimate of drug-likeness (QED) is 0.825. The number of thiazole rings is 1. The number of nitrogens with zero attached hydrogens (tertiary/aromatic N) is 1. The van der Waals surface area contributed by atoms with Gasteiger partial charge in [0.15, 0.2) is 6.61 Å². The van der Waals surface area contributed by atoms with Crippen LogP contribution in [0.5, 0.6) is 5.88 Å². The first-order chi connectivity index (χ1) is 12.0. The number of aryl methyl sites for hydroxylation is 1. The standard InChI is InChI=1S/C18H20N2O4S/c1-11-16(24-10-15(21)19-14-4-2-3-5-14)20-17(25-11)12-6-8-13(9-7-12)18(22)23/h6-9,14H,2-5,10H2,1H3,(H,19,21)(H,22,23). The molecule has 132 valence electrons. The van der Waals surface area contributed by atoms with Gasteiger partial charge in [-0.1, -0.05) is 25.0 Å². The molecule has 0 aliphatic heterocycles. The average Bonchev–Trinajstić information content (AvgIpc) is 3.23. The number of ether oxygens (including phenoxy) is 1. The zero-order chi connectivity index (χ0) is 17.8. The molecule has 0 spiro atoms. The van der Waals surface area contributed by atoms with Gasteiger partial charge >= 0.3 is 5.97 Å². The van der Waals surface area contributed by atoms with Gasteiger partial charge in [0.1, 0.15) is 5.01 Å². The number of hydrogen-bond donors (Lipinski definition) is 2. The van der Waals surface area contributed by atoms with Crippen LogP contribution in [-0.2, 0) is 4.79 Å². The molecule has 2 N–H and O–H groups in total. The second kappa shape index (κ2) is 7.65. The maximum absolute atomic E-state index is 11.9.